The number of aliphatic carboxylic acids is 1. The van der Waals surface area contributed by atoms with Gasteiger partial charge in [0.15, 0.2) is 21.4 Å². The smallest absolute Gasteiger partial charge is 0.435 e. The highest BCUT2D eigenvalue weighted by Gasteiger charge is 2.36. The molecule has 0 aliphatic carbocycles. The van der Waals surface area contributed by atoms with Crippen molar-refractivity contribution >= 4 is 45.2 Å². The number of halogens is 3. The highest BCUT2D eigenvalue weighted by molar-refractivity contribution is 7.90. The average Bonchev–Trinajstić information content (AvgIpc) is 3.28. The summed E-state index contributed by atoms with van der Waals surface area (Å²) >= 11 is 0. The van der Waals surface area contributed by atoms with Crippen LogP contribution in [0.4, 0.5) is 18.9 Å². The molecule has 3 aromatic rings. The Morgan fingerprint density at radius 3 is 2.55 bits per heavy atom. The van der Waals surface area contributed by atoms with Gasteiger partial charge in [-0.25, -0.2) is 22.9 Å². The van der Waals surface area contributed by atoms with Crippen LogP contribution in [0.1, 0.15) is 22.5 Å². The molecule has 210 valence electrons. The summed E-state index contributed by atoms with van der Waals surface area (Å²) < 4.78 is 71.6. The van der Waals surface area contributed by atoms with Gasteiger partial charge in [-0.2, -0.15) is 18.3 Å². The lowest BCUT2D eigenvalue weighted by molar-refractivity contribution is -0.141. The number of benzene rings is 2. The number of aliphatic imine (C=N–C) groups is 1. The molecule has 0 bridgehead atoms. The second kappa shape index (κ2) is 10.9. The maximum absolute atomic E-state index is 13.6. The van der Waals surface area contributed by atoms with Gasteiger partial charge in [-0.15, -0.1) is 0 Å². The number of carboxylic acid groups (broad SMARTS) is 1. The van der Waals surface area contributed by atoms with Crippen LogP contribution in [0.15, 0.2) is 64.5 Å². The number of rotatable bonds is 8. The molecule has 2 N–H and O–H groups in total. The van der Waals surface area contributed by atoms with Crippen molar-refractivity contribution in [2.45, 2.75) is 18.0 Å². The third-order valence-electron chi connectivity index (χ3n) is 5.74. The van der Waals surface area contributed by atoms with Crippen LogP contribution in [0.5, 0.6) is 5.75 Å². The maximum atomic E-state index is 13.6. The fraction of sp³-hybridized carbons (Fsp3) is 0.192. The molecule has 0 spiro atoms. The molecule has 1 aromatic heterocycles. The van der Waals surface area contributed by atoms with E-state index in [1.807, 2.05) is 0 Å². The quantitative estimate of drug-likeness (QED) is 0.378. The summed E-state index contributed by atoms with van der Waals surface area (Å²) in [5, 5.41) is 14.2. The number of ether oxygens (including phenoxy) is 1. The number of aryl methyl sites for hydroxylation is 1. The van der Waals surface area contributed by atoms with Gasteiger partial charge in [0, 0.05) is 35.9 Å². The Labute approximate surface area is 227 Å². The van der Waals surface area contributed by atoms with E-state index >= 15 is 0 Å². The van der Waals surface area contributed by atoms with Gasteiger partial charge in [-0.05, 0) is 48.4 Å². The topological polar surface area (TPSA) is 126 Å². The first-order valence-corrected chi connectivity index (χ1v) is 13.5. The lowest BCUT2D eigenvalue weighted by Gasteiger charge is -2.32. The largest absolute Gasteiger partial charge is 0.497 e. The summed E-state index contributed by atoms with van der Waals surface area (Å²) in [4.78, 5) is 15.3. The number of anilines is 1. The number of hydrogen-bond donors (Lipinski definition) is 2. The molecule has 0 unspecified atom stereocenters. The number of sulfone groups is 1. The highest BCUT2D eigenvalue weighted by Crippen LogP contribution is 2.34. The van der Waals surface area contributed by atoms with Crippen molar-refractivity contribution in [3.63, 3.8) is 0 Å². The van der Waals surface area contributed by atoms with E-state index in [2.05, 4.69) is 15.5 Å². The zero-order chi connectivity index (χ0) is 29.2. The van der Waals surface area contributed by atoms with Crippen LogP contribution in [-0.2, 0) is 20.8 Å². The second-order valence-corrected chi connectivity index (χ2v) is 10.8. The van der Waals surface area contributed by atoms with Gasteiger partial charge in [0.05, 0.1) is 17.7 Å². The Hall–Kier alpha value is -4.59. The molecule has 0 amide bonds. The van der Waals surface area contributed by atoms with Gasteiger partial charge >= 0.3 is 12.1 Å². The summed E-state index contributed by atoms with van der Waals surface area (Å²) in [6.45, 7) is 1.40. The lowest BCUT2D eigenvalue weighted by Crippen LogP contribution is -2.35. The van der Waals surface area contributed by atoms with E-state index < -0.39 is 27.7 Å². The molecule has 4 rings (SSSR count). The lowest BCUT2D eigenvalue weighted by atomic mass is 10.0. The molecule has 2 aromatic carbocycles. The van der Waals surface area contributed by atoms with E-state index in [4.69, 9.17) is 9.84 Å². The standard InChI is InChI=1S/C26H24F3N5O5S/c1-16-9-23(26(27,28)29)32-34(16)25-22(18-6-4-5-17(10-18)7-8-24(35)36)14-30-15-33(25)31-19-11-20(39-2)13-21(12-19)40(3,37)38/h4-14,31H,15H2,1-3H3,(H,35,36). The molecule has 1 aliphatic heterocycles. The van der Waals surface area contributed by atoms with Crippen LogP contribution >= 0.6 is 0 Å². The van der Waals surface area contributed by atoms with Crippen molar-refractivity contribution in [2.75, 3.05) is 25.5 Å². The van der Waals surface area contributed by atoms with Crippen molar-refractivity contribution in [1.29, 1.82) is 0 Å². The number of carboxylic acids is 1. The molecule has 14 heteroatoms. The first-order chi connectivity index (χ1) is 18.8. The third-order valence-corrected chi connectivity index (χ3v) is 6.83. The molecule has 0 fully saturated rings. The number of allylic oxidation sites excluding steroid dienone is 1. The van der Waals surface area contributed by atoms with Crippen molar-refractivity contribution in [1.82, 2.24) is 14.8 Å². The Morgan fingerprint density at radius 2 is 1.93 bits per heavy atom. The van der Waals surface area contributed by atoms with Gasteiger partial charge in [0.2, 0.25) is 0 Å². The number of aromatic nitrogens is 2. The minimum Gasteiger partial charge on any atom is -0.497 e. The van der Waals surface area contributed by atoms with Crippen molar-refractivity contribution < 1.29 is 36.2 Å². The maximum Gasteiger partial charge on any atom is 0.435 e. The van der Waals surface area contributed by atoms with E-state index in [-0.39, 0.29) is 34.5 Å². The minimum atomic E-state index is -4.70. The highest BCUT2D eigenvalue weighted by atomic mass is 32.2. The van der Waals surface area contributed by atoms with Crippen molar-refractivity contribution in [3.8, 4) is 5.75 Å². The SMILES string of the molecule is COc1cc(NN2CN=CC(c3cccc(C=CC(=O)O)c3)=C2n2nc(C(F)(F)F)cc2C)cc(S(C)(=O)=O)c1. The second-order valence-electron chi connectivity index (χ2n) is 8.78. The molecule has 0 saturated heterocycles. The number of carbonyl (C=O) groups is 1. The van der Waals surface area contributed by atoms with E-state index in [1.54, 1.807) is 24.3 Å². The number of nitrogens with zero attached hydrogens (tertiary/aromatic N) is 4. The molecule has 40 heavy (non-hydrogen) atoms. The van der Waals surface area contributed by atoms with Crippen molar-refractivity contribution in [2.24, 2.45) is 4.99 Å². The molecular weight excluding hydrogens is 551 g/mol. The van der Waals surface area contributed by atoms with Gasteiger partial charge in [0.25, 0.3) is 0 Å². The Balaban J connectivity index is 1.90. The van der Waals surface area contributed by atoms with Gasteiger partial charge in [-0.3, -0.25) is 10.4 Å². The number of alkyl halides is 3. The zero-order valence-electron chi connectivity index (χ0n) is 21.5. The normalized spacial score (nSPS) is 14.2. The summed E-state index contributed by atoms with van der Waals surface area (Å²) in [5.41, 5.74) is 3.79. The molecule has 0 atom stereocenters. The predicted molar refractivity (Wildman–Crippen MR) is 143 cm³/mol. The van der Waals surface area contributed by atoms with Crippen LogP contribution in [0.25, 0.3) is 17.5 Å². The average molecular weight is 576 g/mol. The first kappa shape index (κ1) is 28.4. The number of nitrogens with one attached hydrogen (secondary N) is 1. The van der Waals surface area contributed by atoms with Gasteiger partial charge < -0.3 is 9.84 Å². The monoisotopic (exact) mass is 575 g/mol. The number of hydrogen-bond acceptors (Lipinski definition) is 8. The molecular formula is C26H24F3N5O5S. The summed E-state index contributed by atoms with van der Waals surface area (Å²) in [6.07, 6.45) is 0.169. The summed E-state index contributed by atoms with van der Waals surface area (Å²) in [6, 6.07) is 11.8. The minimum absolute atomic E-state index is 0.0341. The number of hydrazine groups is 1. The molecule has 10 nitrogen and oxygen atoms in total. The summed E-state index contributed by atoms with van der Waals surface area (Å²) in [7, 11) is -2.25. The number of methoxy groups -OCH3 is 1. The summed E-state index contributed by atoms with van der Waals surface area (Å²) in [5.74, 6) is -0.728. The Morgan fingerprint density at radius 1 is 1.18 bits per heavy atom. The molecule has 0 saturated carbocycles. The van der Waals surface area contributed by atoms with E-state index in [0.717, 1.165) is 23.1 Å². The third kappa shape index (κ3) is 6.34. The molecule has 0 radical (unpaired) electrons. The zero-order valence-corrected chi connectivity index (χ0v) is 22.3. The van der Waals surface area contributed by atoms with Crippen LogP contribution in [0, 0.1) is 6.92 Å². The van der Waals surface area contributed by atoms with Crippen LogP contribution in [0.3, 0.4) is 0 Å². The van der Waals surface area contributed by atoms with E-state index in [9.17, 15) is 26.4 Å². The van der Waals surface area contributed by atoms with Crippen LogP contribution in [0.2, 0.25) is 0 Å². The molecule has 1 aliphatic rings. The van der Waals surface area contributed by atoms with Crippen LogP contribution in [-0.4, -0.2) is 60.5 Å². The fourth-order valence-electron chi connectivity index (χ4n) is 3.93. The van der Waals surface area contributed by atoms with Crippen LogP contribution < -0.4 is 10.2 Å². The van der Waals surface area contributed by atoms with Gasteiger partial charge in [-0.1, -0.05) is 18.2 Å². The first-order valence-electron chi connectivity index (χ1n) is 11.6. The van der Waals surface area contributed by atoms with E-state index in [1.165, 1.54) is 49.5 Å². The van der Waals surface area contributed by atoms with Crippen molar-refractivity contribution in [3.05, 3.63) is 77.1 Å². The Bertz CT molecular complexity index is 1660. The molecule has 2 heterocycles. The van der Waals surface area contributed by atoms with E-state index in [0.29, 0.717) is 16.7 Å². The Kier molecular flexibility index (Phi) is 7.73. The van der Waals surface area contributed by atoms with Gasteiger partial charge in [0.1, 0.15) is 12.4 Å². The predicted octanol–water partition coefficient (Wildman–Crippen LogP) is 4.42. The fourth-order valence-corrected chi connectivity index (χ4v) is 4.60.